The van der Waals surface area contributed by atoms with E-state index in [9.17, 15) is 9.50 Å². The Morgan fingerprint density at radius 1 is 1.03 bits per heavy atom. The normalized spacial score (nSPS) is 16.2. The standard InChI is InChI=1S/C25H20FN5O/c26-22-8-6-21(7-9-22)25(32,15-31-17-28-16-30-31)24(11-12-24)23-10-5-20(14-29-23)19-3-1-18(13-27)2-4-19/h1-10,14,16-17,32H,11-12,15H2. The molecule has 1 atom stereocenters. The van der Waals surface area contributed by atoms with Crippen molar-refractivity contribution >= 4 is 0 Å². The van der Waals surface area contributed by atoms with Gasteiger partial charge in [0.25, 0.3) is 0 Å². The van der Waals surface area contributed by atoms with Crippen LogP contribution in [0.2, 0.25) is 0 Å². The fourth-order valence-electron chi connectivity index (χ4n) is 4.38. The Bertz CT molecular complexity index is 1260. The number of rotatable bonds is 6. The van der Waals surface area contributed by atoms with Gasteiger partial charge in [-0.1, -0.05) is 30.3 Å². The third kappa shape index (κ3) is 3.35. The van der Waals surface area contributed by atoms with Gasteiger partial charge in [-0.05, 0) is 54.3 Å². The summed E-state index contributed by atoms with van der Waals surface area (Å²) in [6.07, 6.45) is 6.27. The monoisotopic (exact) mass is 425 g/mol. The summed E-state index contributed by atoms with van der Waals surface area (Å²) >= 11 is 0. The van der Waals surface area contributed by atoms with Crippen LogP contribution in [-0.4, -0.2) is 24.9 Å². The number of nitrogens with zero attached hydrogens (tertiary/aromatic N) is 5. The highest BCUT2D eigenvalue weighted by molar-refractivity contribution is 5.63. The molecule has 158 valence electrons. The minimum atomic E-state index is -1.34. The average molecular weight is 425 g/mol. The molecule has 6 nitrogen and oxygen atoms in total. The summed E-state index contributed by atoms with van der Waals surface area (Å²) in [4.78, 5) is 8.72. The van der Waals surface area contributed by atoms with E-state index in [2.05, 4.69) is 16.2 Å². The van der Waals surface area contributed by atoms with Crippen molar-refractivity contribution in [3.8, 4) is 17.2 Å². The third-order valence-electron chi connectivity index (χ3n) is 6.32. The zero-order chi connectivity index (χ0) is 22.2. The fourth-order valence-corrected chi connectivity index (χ4v) is 4.38. The first-order chi connectivity index (χ1) is 15.5. The summed E-state index contributed by atoms with van der Waals surface area (Å²) in [5, 5.41) is 25.2. The number of hydrogen-bond donors (Lipinski definition) is 1. The minimum absolute atomic E-state index is 0.178. The quantitative estimate of drug-likeness (QED) is 0.505. The van der Waals surface area contributed by atoms with Crippen molar-refractivity contribution in [1.82, 2.24) is 19.7 Å². The topological polar surface area (TPSA) is 87.6 Å². The van der Waals surface area contributed by atoms with Crippen molar-refractivity contribution in [2.75, 3.05) is 0 Å². The molecule has 7 heteroatoms. The van der Waals surface area contributed by atoms with E-state index in [1.807, 2.05) is 24.3 Å². The second-order valence-electron chi connectivity index (χ2n) is 8.16. The van der Waals surface area contributed by atoms with E-state index in [4.69, 9.17) is 10.2 Å². The van der Waals surface area contributed by atoms with Gasteiger partial charge in [0.1, 0.15) is 24.1 Å². The lowest BCUT2D eigenvalue weighted by Crippen LogP contribution is -2.44. The van der Waals surface area contributed by atoms with Crippen LogP contribution in [0.5, 0.6) is 0 Å². The molecule has 0 spiro atoms. The molecule has 1 saturated carbocycles. The van der Waals surface area contributed by atoms with Crippen LogP contribution in [-0.2, 0) is 17.6 Å². The van der Waals surface area contributed by atoms with Crippen molar-refractivity contribution in [3.05, 3.63) is 102 Å². The Kier molecular flexibility index (Phi) is 4.80. The van der Waals surface area contributed by atoms with Gasteiger partial charge >= 0.3 is 0 Å². The molecule has 0 bridgehead atoms. The highest BCUT2D eigenvalue weighted by atomic mass is 19.1. The van der Waals surface area contributed by atoms with Gasteiger partial charge in [0.05, 0.1) is 18.2 Å². The molecule has 2 heterocycles. The van der Waals surface area contributed by atoms with Crippen molar-refractivity contribution in [2.24, 2.45) is 0 Å². The highest BCUT2D eigenvalue weighted by Crippen LogP contribution is 2.59. The molecule has 2 aromatic carbocycles. The van der Waals surface area contributed by atoms with Crippen LogP contribution in [0.4, 0.5) is 4.39 Å². The van der Waals surface area contributed by atoms with E-state index in [0.717, 1.165) is 29.7 Å². The summed E-state index contributed by atoms with van der Waals surface area (Å²) in [7, 11) is 0. The molecule has 0 saturated heterocycles. The Morgan fingerprint density at radius 2 is 1.75 bits per heavy atom. The van der Waals surface area contributed by atoms with Gasteiger partial charge in [-0.25, -0.2) is 14.1 Å². The first-order valence-electron chi connectivity index (χ1n) is 10.3. The number of pyridine rings is 1. The Morgan fingerprint density at radius 3 is 2.31 bits per heavy atom. The Balaban J connectivity index is 1.52. The second kappa shape index (κ2) is 7.66. The highest BCUT2D eigenvalue weighted by Gasteiger charge is 2.61. The maximum atomic E-state index is 13.6. The molecule has 0 radical (unpaired) electrons. The molecule has 4 aromatic rings. The number of hydrogen-bond acceptors (Lipinski definition) is 5. The van der Waals surface area contributed by atoms with Crippen LogP contribution >= 0.6 is 0 Å². The molecule has 1 N–H and O–H groups in total. The summed E-state index contributed by atoms with van der Waals surface area (Å²) in [6.45, 7) is 0.178. The molecule has 0 amide bonds. The first-order valence-corrected chi connectivity index (χ1v) is 10.3. The van der Waals surface area contributed by atoms with E-state index in [0.29, 0.717) is 11.1 Å². The smallest absolute Gasteiger partial charge is 0.137 e. The molecule has 5 rings (SSSR count). The van der Waals surface area contributed by atoms with E-state index in [-0.39, 0.29) is 12.4 Å². The number of benzene rings is 2. The maximum absolute atomic E-state index is 13.6. The van der Waals surface area contributed by atoms with Gasteiger partial charge in [-0.2, -0.15) is 10.4 Å². The van der Waals surface area contributed by atoms with Crippen LogP contribution in [0, 0.1) is 17.1 Å². The Labute approximate surface area is 184 Å². The largest absolute Gasteiger partial charge is 0.382 e. The summed E-state index contributed by atoms with van der Waals surface area (Å²) in [5.74, 6) is -0.355. The van der Waals surface area contributed by atoms with Crippen LogP contribution in [0.1, 0.15) is 29.7 Å². The molecule has 0 aliphatic heterocycles. The number of nitriles is 1. The lowest BCUT2D eigenvalue weighted by Gasteiger charge is -2.37. The maximum Gasteiger partial charge on any atom is 0.137 e. The minimum Gasteiger partial charge on any atom is -0.382 e. The van der Waals surface area contributed by atoms with E-state index in [1.165, 1.54) is 18.5 Å². The number of aliphatic hydroxyl groups is 1. The summed E-state index contributed by atoms with van der Waals surface area (Å²) in [5.41, 5.74) is 1.94. The van der Waals surface area contributed by atoms with E-state index in [1.54, 1.807) is 41.5 Å². The lowest BCUT2D eigenvalue weighted by molar-refractivity contribution is -0.0260. The van der Waals surface area contributed by atoms with E-state index >= 15 is 0 Å². The van der Waals surface area contributed by atoms with Gasteiger partial charge in [0.2, 0.25) is 0 Å². The molecule has 1 aliphatic rings. The van der Waals surface area contributed by atoms with Crippen LogP contribution in [0.25, 0.3) is 11.1 Å². The molecule has 1 aliphatic carbocycles. The zero-order valence-electron chi connectivity index (χ0n) is 17.2. The van der Waals surface area contributed by atoms with Gasteiger partial charge in [-0.15, -0.1) is 0 Å². The SMILES string of the molecule is N#Cc1ccc(-c2ccc(C3(C(O)(Cn4cncn4)c4ccc(F)cc4)CC3)nc2)cc1. The molecule has 32 heavy (non-hydrogen) atoms. The number of aromatic nitrogens is 4. The molecular weight excluding hydrogens is 405 g/mol. The lowest BCUT2D eigenvalue weighted by atomic mass is 9.76. The summed E-state index contributed by atoms with van der Waals surface area (Å²) < 4.78 is 15.2. The van der Waals surface area contributed by atoms with Gasteiger partial charge in [0.15, 0.2) is 0 Å². The predicted molar refractivity (Wildman–Crippen MR) is 116 cm³/mol. The predicted octanol–water partition coefficient (Wildman–Crippen LogP) is 3.97. The summed E-state index contributed by atoms with van der Waals surface area (Å²) in [6, 6.07) is 19.3. The van der Waals surface area contributed by atoms with E-state index < -0.39 is 11.0 Å². The molecule has 1 fully saturated rings. The van der Waals surface area contributed by atoms with Crippen molar-refractivity contribution in [1.29, 1.82) is 5.26 Å². The van der Waals surface area contributed by atoms with Crippen molar-refractivity contribution < 1.29 is 9.50 Å². The molecular formula is C25H20FN5O. The van der Waals surface area contributed by atoms with Crippen molar-refractivity contribution in [3.63, 3.8) is 0 Å². The molecule has 2 aromatic heterocycles. The average Bonchev–Trinajstić information content (AvgIpc) is 3.51. The van der Waals surface area contributed by atoms with Crippen molar-refractivity contribution in [2.45, 2.75) is 30.4 Å². The Hall–Kier alpha value is -3.89. The number of halogens is 1. The second-order valence-corrected chi connectivity index (χ2v) is 8.16. The van der Waals surface area contributed by atoms with Crippen LogP contribution < -0.4 is 0 Å². The first kappa shape index (κ1) is 20.0. The van der Waals surface area contributed by atoms with Crippen LogP contribution in [0.15, 0.2) is 79.5 Å². The van der Waals surface area contributed by atoms with Gasteiger partial charge < -0.3 is 5.11 Å². The fraction of sp³-hybridized carbons (Fsp3) is 0.200. The zero-order valence-corrected chi connectivity index (χ0v) is 17.2. The molecule has 1 unspecified atom stereocenters. The van der Waals surface area contributed by atoms with Gasteiger partial charge in [0, 0.05) is 22.9 Å². The third-order valence-corrected chi connectivity index (χ3v) is 6.32. The van der Waals surface area contributed by atoms with Crippen LogP contribution in [0.3, 0.4) is 0 Å². The van der Waals surface area contributed by atoms with Gasteiger partial charge in [-0.3, -0.25) is 4.98 Å².